The van der Waals surface area contributed by atoms with Crippen molar-refractivity contribution in [2.24, 2.45) is 0 Å². The maximum absolute atomic E-state index is 8.81. The molecule has 56 valence electrons. The third-order valence-corrected chi connectivity index (χ3v) is 2.30. The average molecular weight is 146 g/mol. The van der Waals surface area contributed by atoms with Crippen molar-refractivity contribution >= 4 is 0 Å². The smallest absolute Gasteiger partial charge is 0.101 e. The first-order valence-corrected chi connectivity index (χ1v) is 3.91. The van der Waals surface area contributed by atoms with Gasteiger partial charge in [-0.2, -0.15) is 5.26 Å². The second-order valence-electron chi connectivity index (χ2n) is 3.04. The van der Waals surface area contributed by atoms with Crippen molar-refractivity contribution in [1.29, 1.82) is 5.26 Å². The van der Waals surface area contributed by atoms with Gasteiger partial charge in [0.15, 0.2) is 0 Å². The van der Waals surface area contributed by atoms with Gasteiger partial charge in [-0.3, -0.25) is 0 Å². The first-order valence-electron chi connectivity index (χ1n) is 3.91. The number of hydrogen-bond acceptors (Lipinski definition) is 1. The maximum atomic E-state index is 8.81. The Morgan fingerprint density at radius 3 is 3.18 bits per heavy atom. The Labute approximate surface area is 66.1 Å². The van der Waals surface area contributed by atoms with Gasteiger partial charge in [0.05, 0.1) is 5.56 Å². The molecule has 1 aliphatic heterocycles. The molecule has 0 amide bonds. The Hall–Kier alpha value is -1.23. The Morgan fingerprint density at radius 1 is 1.64 bits per heavy atom. The highest BCUT2D eigenvalue weighted by Crippen LogP contribution is 2.22. The molecule has 0 atom stereocenters. The molecule has 1 aromatic heterocycles. The van der Waals surface area contributed by atoms with Crippen LogP contribution in [0.25, 0.3) is 0 Å². The van der Waals surface area contributed by atoms with Gasteiger partial charge in [-0.05, 0) is 25.3 Å². The first-order chi connectivity index (χ1) is 5.33. The minimum atomic E-state index is 0.905. The summed E-state index contributed by atoms with van der Waals surface area (Å²) in [5, 5.41) is 8.81. The molecule has 2 rings (SSSR count). The molecule has 0 spiro atoms. The van der Waals surface area contributed by atoms with Crippen LogP contribution >= 0.6 is 0 Å². The lowest BCUT2D eigenvalue weighted by Crippen LogP contribution is -1.88. The van der Waals surface area contributed by atoms with Crippen LogP contribution in [0, 0.1) is 18.3 Å². The lowest BCUT2D eigenvalue weighted by Gasteiger charge is -1.91. The molecule has 0 aromatic carbocycles. The van der Waals surface area contributed by atoms with Crippen LogP contribution in [0.2, 0.25) is 0 Å². The molecule has 0 saturated heterocycles. The largest absolute Gasteiger partial charge is 0.350 e. The van der Waals surface area contributed by atoms with Gasteiger partial charge in [0.1, 0.15) is 6.07 Å². The van der Waals surface area contributed by atoms with E-state index in [0.29, 0.717) is 0 Å². The molecule has 2 heteroatoms. The molecule has 0 bridgehead atoms. The SMILES string of the molecule is Cc1cn2c(c1C#N)CCC2. The number of nitriles is 1. The first kappa shape index (κ1) is 6.48. The molecule has 2 nitrogen and oxygen atoms in total. The predicted octanol–water partition coefficient (Wildman–Crippen LogP) is 1.61. The van der Waals surface area contributed by atoms with E-state index in [2.05, 4.69) is 16.8 Å². The zero-order chi connectivity index (χ0) is 7.84. The highest BCUT2D eigenvalue weighted by atomic mass is 15.0. The van der Waals surface area contributed by atoms with Gasteiger partial charge in [-0.1, -0.05) is 0 Å². The zero-order valence-corrected chi connectivity index (χ0v) is 6.59. The third-order valence-electron chi connectivity index (χ3n) is 2.30. The Balaban J connectivity index is 2.63. The monoisotopic (exact) mass is 146 g/mol. The highest BCUT2D eigenvalue weighted by molar-refractivity contribution is 5.42. The molecule has 0 N–H and O–H groups in total. The minimum Gasteiger partial charge on any atom is -0.350 e. The van der Waals surface area contributed by atoms with E-state index in [1.165, 1.54) is 12.1 Å². The lowest BCUT2D eigenvalue weighted by molar-refractivity contribution is 0.748. The van der Waals surface area contributed by atoms with Crippen LogP contribution in [0.1, 0.15) is 23.2 Å². The van der Waals surface area contributed by atoms with Crippen LogP contribution in [0.15, 0.2) is 6.20 Å². The molecule has 0 unspecified atom stereocenters. The fourth-order valence-corrected chi connectivity index (χ4v) is 1.79. The van der Waals surface area contributed by atoms with E-state index in [1.54, 1.807) is 0 Å². The molecule has 11 heavy (non-hydrogen) atoms. The van der Waals surface area contributed by atoms with Crippen molar-refractivity contribution in [1.82, 2.24) is 4.57 Å². The van der Waals surface area contributed by atoms with Crippen molar-refractivity contribution in [3.05, 3.63) is 23.0 Å². The maximum Gasteiger partial charge on any atom is 0.101 e. The van der Waals surface area contributed by atoms with Crippen LogP contribution in [0.3, 0.4) is 0 Å². The minimum absolute atomic E-state index is 0.905. The van der Waals surface area contributed by atoms with Gasteiger partial charge in [-0.15, -0.1) is 0 Å². The Morgan fingerprint density at radius 2 is 2.45 bits per heavy atom. The molecule has 0 aliphatic carbocycles. The van der Waals surface area contributed by atoms with E-state index in [1.807, 2.05) is 6.92 Å². The van der Waals surface area contributed by atoms with Gasteiger partial charge < -0.3 is 4.57 Å². The summed E-state index contributed by atoms with van der Waals surface area (Å²) in [5.41, 5.74) is 3.27. The molecule has 1 aromatic rings. The van der Waals surface area contributed by atoms with Gasteiger partial charge in [0, 0.05) is 18.4 Å². The summed E-state index contributed by atoms with van der Waals surface area (Å²) in [6.07, 6.45) is 4.36. The van der Waals surface area contributed by atoms with E-state index in [0.717, 1.165) is 24.1 Å². The van der Waals surface area contributed by atoms with Gasteiger partial charge in [0.25, 0.3) is 0 Å². The summed E-state index contributed by atoms with van der Waals surface area (Å²) in [7, 11) is 0. The molecular weight excluding hydrogens is 136 g/mol. The van der Waals surface area contributed by atoms with Gasteiger partial charge >= 0.3 is 0 Å². The van der Waals surface area contributed by atoms with Crippen molar-refractivity contribution < 1.29 is 0 Å². The van der Waals surface area contributed by atoms with Gasteiger partial charge in [-0.25, -0.2) is 0 Å². The van der Waals surface area contributed by atoms with Crippen molar-refractivity contribution in [2.45, 2.75) is 26.3 Å². The highest BCUT2D eigenvalue weighted by Gasteiger charge is 2.16. The summed E-state index contributed by atoms with van der Waals surface area (Å²) >= 11 is 0. The average Bonchev–Trinajstić information content (AvgIpc) is 2.46. The van der Waals surface area contributed by atoms with Crippen molar-refractivity contribution in [2.75, 3.05) is 0 Å². The molecular formula is C9H10N2. The second kappa shape index (κ2) is 2.13. The fraction of sp³-hybridized carbons (Fsp3) is 0.444. The second-order valence-corrected chi connectivity index (χ2v) is 3.04. The van der Waals surface area contributed by atoms with E-state index in [4.69, 9.17) is 5.26 Å². The van der Waals surface area contributed by atoms with Crippen LogP contribution in [-0.2, 0) is 13.0 Å². The Kier molecular flexibility index (Phi) is 1.25. The molecule has 0 radical (unpaired) electrons. The van der Waals surface area contributed by atoms with E-state index >= 15 is 0 Å². The number of rotatable bonds is 0. The topological polar surface area (TPSA) is 28.7 Å². The van der Waals surface area contributed by atoms with E-state index < -0.39 is 0 Å². The number of fused-ring (bicyclic) bond motifs is 1. The number of nitrogens with zero attached hydrogens (tertiary/aromatic N) is 2. The fourth-order valence-electron chi connectivity index (χ4n) is 1.79. The van der Waals surface area contributed by atoms with Crippen molar-refractivity contribution in [3.63, 3.8) is 0 Å². The lowest BCUT2D eigenvalue weighted by atomic mass is 10.1. The van der Waals surface area contributed by atoms with E-state index in [-0.39, 0.29) is 0 Å². The van der Waals surface area contributed by atoms with Crippen molar-refractivity contribution in [3.8, 4) is 6.07 Å². The molecule has 1 aliphatic rings. The Bertz CT molecular complexity index is 328. The van der Waals surface area contributed by atoms with Crippen LogP contribution in [-0.4, -0.2) is 4.57 Å². The zero-order valence-electron chi connectivity index (χ0n) is 6.59. The van der Waals surface area contributed by atoms with E-state index in [9.17, 15) is 0 Å². The van der Waals surface area contributed by atoms with Gasteiger partial charge in [0.2, 0.25) is 0 Å². The normalized spacial score (nSPS) is 14.5. The number of hydrogen-bond donors (Lipinski definition) is 0. The third kappa shape index (κ3) is 0.775. The summed E-state index contributed by atoms with van der Waals surface area (Å²) in [4.78, 5) is 0. The van der Waals surface area contributed by atoms with Crippen LogP contribution in [0.4, 0.5) is 0 Å². The molecule has 2 heterocycles. The summed E-state index contributed by atoms with van der Waals surface area (Å²) in [6, 6.07) is 2.25. The van der Waals surface area contributed by atoms with Crippen LogP contribution in [0.5, 0.6) is 0 Å². The molecule has 0 saturated carbocycles. The standard InChI is InChI=1S/C9H10N2/c1-7-6-11-4-2-3-9(11)8(7)5-10/h6H,2-4H2,1H3. The van der Waals surface area contributed by atoms with Crippen LogP contribution < -0.4 is 0 Å². The number of aryl methyl sites for hydroxylation is 2. The summed E-state index contributed by atoms with van der Waals surface area (Å²) < 4.78 is 2.20. The molecule has 0 fully saturated rings. The quantitative estimate of drug-likeness (QED) is 0.546. The summed E-state index contributed by atoms with van der Waals surface area (Å²) in [6.45, 7) is 3.10. The summed E-state index contributed by atoms with van der Waals surface area (Å²) in [5.74, 6) is 0. The predicted molar refractivity (Wildman–Crippen MR) is 42.2 cm³/mol. The number of aromatic nitrogens is 1.